The molecular weight excluding hydrogens is 512 g/mol. The van der Waals surface area contributed by atoms with E-state index < -0.39 is 16.9 Å². The predicted molar refractivity (Wildman–Crippen MR) is 111 cm³/mol. The van der Waals surface area contributed by atoms with Gasteiger partial charge in [-0.15, -0.1) is 0 Å². The van der Waals surface area contributed by atoms with Crippen LogP contribution in [0.25, 0.3) is 6.08 Å². The van der Waals surface area contributed by atoms with Crippen molar-refractivity contribution in [3.05, 3.63) is 72.2 Å². The lowest BCUT2D eigenvalue weighted by Gasteiger charge is -2.11. The van der Waals surface area contributed by atoms with Gasteiger partial charge in [-0.05, 0) is 73.3 Å². The van der Waals surface area contributed by atoms with Crippen LogP contribution in [0.1, 0.15) is 11.1 Å². The molecule has 0 aliphatic rings. The Bertz CT molecular complexity index is 1020. The molecule has 0 radical (unpaired) electrons. The minimum atomic E-state index is -1.06. The van der Waals surface area contributed by atoms with Gasteiger partial charge in [-0.2, -0.15) is 5.26 Å². The smallest absolute Gasteiger partial charge is 0.319 e. The summed E-state index contributed by atoms with van der Waals surface area (Å²) in [4.78, 5) is 32.7. The molecule has 0 unspecified atom stereocenters. The highest BCUT2D eigenvalue weighted by molar-refractivity contribution is 9.11. The lowest BCUT2D eigenvalue weighted by molar-refractivity contribution is -0.384. The molecule has 0 heterocycles. The topological polar surface area (TPSA) is 148 Å². The Morgan fingerprint density at radius 3 is 2.31 bits per heavy atom. The Hall–Kier alpha value is -3.23. The lowest BCUT2D eigenvalue weighted by atomic mass is 10.1. The van der Waals surface area contributed by atoms with E-state index in [2.05, 4.69) is 31.9 Å². The number of hydrogen-bond acceptors (Lipinski definition) is 6. The fourth-order valence-corrected chi connectivity index (χ4v) is 3.62. The maximum absolute atomic E-state index is 11.8. The minimum Gasteiger partial charge on any atom is -0.487 e. The van der Waals surface area contributed by atoms with Crippen LogP contribution >= 0.6 is 31.9 Å². The first-order valence-corrected chi connectivity index (χ1v) is 9.37. The zero-order valence-electron chi connectivity index (χ0n) is 14.5. The van der Waals surface area contributed by atoms with E-state index in [1.165, 1.54) is 18.2 Å². The number of carbonyl (C=O) groups excluding carboxylic acids is 2. The van der Waals surface area contributed by atoms with Gasteiger partial charge in [-0.25, -0.2) is 4.79 Å². The van der Waals surface area contributed by atoms with E-state index in [4.69, 9.17) is 15.7 Å². The molecule has 3 amide bonds. The number of ether oxygens (including phenoxy) is 1. The number of hydrogen-bond donors (Lipinski definition) is 2. The van der Waals surface area contributed by atoms with Gasteiger partial charge in [-0.1, -0.05) is 0 Å². The first kappa shape index (κ1) is 22.1. The van der Waals surface area contributed by atoms with E-state index in [0.717, 1.165) is 5.56 Å². The molecule has 9 nitrogen and oxygen atoms in total. The molecule has 2 aromatic rings. The molecule has 0 fully saturated rings. The number of carbonyl (C=O) groups is 2. The SMILES string of the molecule is N#C/C(=C/c1cc(Br)c(OCc2ccc([N+](=O)[O-])cc2)c(Br)c1)C(=O)NC(N)=O. The van der Waals surface area contributed by atoms with Gasteiger partial charge in [0.05, 0.1) is 13.9 Å². The highest BCUT2D eigenvalue weighted by Gasteiger charge is 2.14. The van der Waals surface area contributed by atoms with Crippen molar-refractivity contribution in [2.75, 3.05) is 0 Å². The number of nitrogens with zero attached hydrogens (tertiary/aromatic N) is 2. The van der Waals surface area contributed by atoms with E-state index in [9.17, 15) is 19.7 Å². The number of primary amides is 1. The van der Waals surface area contributed by atoms with Crippen LogP contribution in [0.15, 0.2) is 50.9 Å². The number of amides is 3. The van der Waals surface area contributed by atoms with Crippen LogP contribution < -0.4 is 15.8 Å². The van der Waals surface area contributed by atoms with Crippen LogP contribution in [0, 0.1) is 21.4 Å². The number of imide groups is 1. The number of nitrogens with two attached hydrogens (primary N) is 1. The van der Waals surface area contributed by atoms with Crippen LogP contribution in [0.3, 0.4) is 0 Å². The van der Waals surface area contributed by atoms with Gasteiger partial charge >= 0.3 is 6.03 Å². The maximum atomic E-state index is 11.8. The van der Waals surface area contributed by atoms with Crippen LogP contribution in [0.5, 0.6) is 5.75 Å². The van der Waals surface area contributed by atoms with Crippen LogP contribution in [-0.4, -0.2) is 16.9 Å². The zero-order chi connectivity index (χ0) is 21.6. The second kappa shape index (κ2) is 9.81. The number of nitriles is 1. The van der Waals surface area contributed by atoms with Gasteiger partial charge in [-0.3, -0.25) is 20.2 Å². The molecule has 0 atom stereocenters. The summed E-state index contributed by atoms with van der Waals surface area (Å²) in [6.07, 6.45) is 1.29. The summed E-state index contributed by atoms with van der Waals surface area (Å²) >= 11 is 6.72. The number of nitro groups is 1. The van der Waals surface area contributed by atoms with E-state index in [0.29, 0.717) is 20.3 Å². The standard InChI is InChI=1S/C18H12Br2N4O5/c19-14-6-11(5-12(8-21)17(25)23-18(22)26)7-15(20)16(14)29-9-10-1-3-13(4-2-10)24(27)28/h1-7H,9H2,(H3,22,23,25,26)/b12-5-. The number of nitro benzene ring substituents is 1. The molecule has 29 heavy (non-hydrogen) atoms. The summed E-state index contributed by atoms with van der Waals surface area (Å²) in [6, 6.07) is 9.82. The van der Waals surface area contributed by atoms with Crippen molar-refractivity contribution in [3.8, 4) is 11.8 Å². The molecule has 0 aliphatic carbocycles. The van der Waals surface area contributed by atoms with E-state index >= 15 is 0 Å². The summed E-state index contributed by atoms with van der Waals surface area (Å²) < 4.78 is 6.82. The molecule has 0 saturated carbocycles. The number of rotatable bonds is 6. The maximum Gasteiger partial charge on any atom is 0.319 e. The highest BCUT2D eigenvalue weighted by Crippen LogP contribution is 2.36. The van der Waals surface area contributed by atoms with Gasteiger partial charge in [0.15, 0.2) is 0 Å². The molecular formula is C18H12Br2N4O5. The van der Waals surface area contributed by atoms with Crippen LogP contribution in [0.2, 0.25) is 0 Å². The minimum absolute atomic E-state index is 0.0130. The highest BCUT2D eigenvalue weighted by atomic mass is 79.9. The number of benzene rings is 2. The molecule has 148 valence electrons. The van der Waals surface area contributed by atoms with Crippen LogP contribution in [0.4, 0.5) is 10.5 Å². The Kier molecular flexibility index (Phi) is 7.46. The van der Waals surface area contributed by atoms with Crippen molar-refractivity contribution in [1.29, 1.82) is 5.26 Å². The Morgan fingerprint density at radius 1 is 1.24 bits per heavy atom. The fraction of sp³-hybridized carbons (Fsp3) is 0.0556. The average Bonchev–Trinajstić information content (AvgIpc) is 2.65. The average molecular weight is 524 g/mol. The van der Waals surface area contributed by atoms with Crippen molar-refractivity contribution in [2.24, 2.45) is 5.73 Å². The zero-order valence-corrected chi connectivity index (χ0v) is 17.7. The van der Waals surface area contributed by atoms with Crippen molar-refractivity contribution >= 4 is 55.6 Å². The molecule has 0 saturated heterocycles. The Balaban J connectivity index is 2.19. The van der Waals surface area contributed by atoms with Crippen molar-refractivity contribution in [3.63, 3.8) is 0 Å². The summed E-state index contributed by atoms with van der Waals surface area (Å²) in [5, 5.41) is 21.6. The van der Waals surface area contributed by atoms with E-state index in [1.54, 1.807) is 30.3 Å². The molecule has 2 aromatic carbocycles. The summed E-state index contributed by atoms with van der Waals surface area (Å²) in [7, 11) is 0. The predicted octanol–water partition coefficient (Wildman–Crippen LogP) is 3.80. The van der Waals surface area contributed by atoms with Gasteiger partial charge in [0.25, 0.3) is 11.6 Å². The van der Waals surface area contributed by atoms with Gasteiger partial charge in [0.2, 0.25) is 0 Å². The van der Waals surface area contributed by atoms with Crippen LogP contribution in [-0.2, 0) is 11.4 Å². The number of halogens is 2. The quantitative estimate of drug-likeness (QED) is 0.254. The molecule has 0 aliphatic heterocycles. The molecule has 11 heteroatoms. The summed E-state index contributed by atoms with van der Waals surface area (Å²) in [6.45, 7) is 0.162. The normalized spacial score (nSPS) is 10.7. The second-order valence-electron chi connectivity index (χ2n) is 5.51. The van der Waals surface area contributed by atoms with Crippen molar-refractivity contribution < 1.29 is 19.2 Å². The lowest BCUT2D eigenvalue weighted by Crippen LogP contribution is -2.35. The fourth-order valence-electron chi connectivity index (χ4n) is 2.16. The largest absolute Gasteiger partial charge is 0.487 e. The van der Waals surface area contributed by atoms with Crippen molar-refractivity contribution in [1.82, 2.24) is 5.32 Å². The molecule has 0 aromatic heterocycles. The van der Waals surface area contributed by atoms with Crippen molar-refractivity contribution in [2.45, 2.75) is 6.61 Å². The molecule has 0 spiro atoms. The number of non-ortho nitro benzene ring substituents is 1. The number of urea groups is 1. The molecule has 0 bridgehead atoms. The molecule has 3 N–H and O–H groups in total. The monoisotopic (exact) mass is 522 g/mol. The third kappa shape index (κ3) is 6.13. The van der Waals surface area contributed by atoms with E-state index in [-0.39, 0.29) is 17.9 Å². The van der Waals surface area contributed by atoms with Gasteiger partial charge in [0.1, 0.15) is 24.0 Å². The summed E-state index contributed by atoms with van der Waals surface area (Å²) in [5.74, 6) is -0.452. The third-order valence-electron chi connectivity index (χ3n) is 3.46. The van der Waals surface area contributed by atoms with Gasteiger partial charge in [0, 0.05) is 12.1 Å². The Labute approximate surface area is 181 Å². The second-order valence-corrected chi connectivity index (χ2v) is 7.22. The Morgan fingerprint density at radius 2 is 1.83 bits per heavy atom. The first-order valence-electron chi connectivity index (χ1n) is 7.79. The first-order chi connectivity index (χ1) is 13.7. The molecule has 2 rings (SSSR count). The number of nitrogens with one attached hydrogen (secondary N) is 1. The third-order valence-corrected chi connectivity index (χ3v) is 4.64. The summed E-state index contributed by atoms with van der Waals surface area (Å²) in [5.41, 5.74) is 5.78. The van der Waals surface area contributed by atoms with Gasteiger partial charge < -0.3 is 10.5 Å². The van der Waals surface area contributed by atoms with E-state index in [1.807, 2.05) is 5.32 Å².